The van der Waals surface area contributed by atoms with E-state index in [-0.39, 0.29) is 10.8 Å². The summed E-state index contributed by atoms with van der Waals surface area (Å²) in [5.74, 6) is 0.346. The lowest BCUT2D eigenvalue weighted by molar-refractivity contribution is -0.130. The van der Waals surface area contributed by atoms with Crippen molar-refractivity contribution in [3.05, 3.63) is 83.8 Å². The number of carbonyl (C=O) groups excluding carboxylic acids is 1. The summed E-state index contributed by atoms with van der Waals surface area (Å²) in [5.41, 5.74) is 2.68. The van der Waals surface area contributed by atoms with Crippen LogP contribution in [0, 0.1) is 6.92 Å². The third-order valence-electron chi connectivity index (χ3n) is 4.93. The van der Waals surface area contributed by atoms with Gasteiger partial charge in [0.2, 0.25) is 5.91 Å². The lowest BCUT2D eigenvalue weighted by atomic mass is 9.99. The van der Waals surface area contributed by atoms with E-state index in [4.69, 9.17) is 4.42 Å². The van der Waals surface area contributed by atoms with Crippen molar-refractivity contribution < 1.29 is 17.6 Å². The van der Waals surface area contributed by atoms with Crippen LogP contribution >= 0.6 is 0 Å². The molecule has 0 radical (unpaired) electrons. The van der Waals surface area contributed by atoms with Crippen LogP contribution in [0.3, 0.4) is 0 Å². The fourth-order valence-corrected chi connectivity index (χ4v) is 4.52. The van der Waals surface area contributed by atoms with Crippen molar-refractivity contribution in [1.82, 2.24) is 5.01 Å². The molecule has 30 heavy (non-hydrogen) atoms. The standard InChI is InChI=1S/C22H21N3O4S/c1-15-9-11-17(12-10-15)30(27,28)24-19-7-4-3-6-18(19)21-14-20(22-8-5-13-29-22)23-25(21)16(2)26/h3-13,21,24H,14H2,1-2H3. The van der Waals surface area contributed by atoms with Gasteiger partial charge in [0.05, 0.1) is 22.9 Å². The highest BCUT2D eigenvalue weighted by atomic mass is 32.2. The fraction of sp³-hybridized carbons (Fsp3) is 0.182. The molecule has 7 nitrogen and oxygen atoms in total. The first-order valence-corrected chi connectivity index (χ1v) is 10.9. The number of para-hydroxylation sites is 1. The van der Waals surface area contributed by atoms with Gasteiger partial charge in [-0.25, -0.2) is 13.4 Å². The number of rotatable bonds is 5. The molecule has 1 aliphatic heterocycles. The molecule has 0 bridgehead atoms. The van der Waals surface area contributed by atoms with Crippen molar-refractivity contribution in [3.8, 4) is 0 Å². The van der Waals surface area contributed by atoms with Gasteiger partial charge in [-0.3, -0.25) is 9.52 Å². The van der Waals surface area contributed by atoms with Crippen molar-refractivity contribution in [1.29, 1.82) is 0 Å². The molecular weight excluding hydrogens is 402 g/mol. The first-order valence-electron chi connectivity index (χ1n) is 9.45. The first-order chi connectivity index (χ1) is 14.3. The number of amides is 1. The highest BCUT2D eigenvalue weighted by Crippen LogP contribution is 2.37. The molecule has 0 aliphatic carbocycles. The topological polar surface area (TPSA) is 92.0 Å². The molecule has 8 heteroatoms. The number of sulfonamides is 1. The molecule has 1 aromatic heterocycles. The largest absolute Gasteiger partial charge is 0.463 e. The van der Waals surface area contributed by atoms with Crippen LogP contribution in [-0.4, -0.2) is 25.0 Å². The minimum absolute atomic E-state index is 0.172. The maximum absolute atomic E-state index is 12.9. The van der Waals surface area contributed by atoms with E-state index in [1.165, 1.54) is 11.9 Å². The summed E-state index contributed by atoms with van der Waals surface area (Å²) in [5, 5.41) is 5.79. The van der Waals surface area contributed by atoms with Crippen LogP contribution in [0.1, 0.15) is 36.3 Å². The van der Waals surface area contributed by atoms with E-state index in [0.29, 0.717) is 29.1 Å². The van der Waals surface area contributed by atoms with E-state index in [0.717, 1.165) is 5.56 Å². The molecule has 0 saturated heterocycles. The molecule has 0 saturated carbocycles. The van der Waals surface area contributed by atoms with Gasteiger partial charge in [0.25, 0.3) is 10.0 Å². The molecular formula is C22H21N3O4S. The highest BCUT2D eigenvalue weighted by Gasteiger charge is 2.34. The molecule has 2 aromatic carbocycles. The Bertz CT molecular complexity index is 1200. The molecule has 1 aliphatic rings. The molecule has 1 unspecified atom stereocenters. The predicted octanol–water partition coefficient (Wildman–Crippen LogP) is 4.09. The Morgan fingerprint density at radius 1 is 1.10 bits per heavy atom. The third kappa shape index (κ3) is 3.86. The molecule has 0 spiro atoms. The summed E-state index contributed by atoms with van der Waals surface area (Å²) in [4.78, 5) is 12.4. The Labute approximate surface area is 175 Å². The van der Waals surface area contributed by atoms with E-state index in [9.17, 15) is 13.2 Å². The van der Waals surface area contributed by atoms with Crippen molar-refractivity contribution in [2.24, 2.45) is 5.10 Å². The van der Waals surface area contributed by atoms with Crippen LogP contribution in [0.5, 0.6) is 0 Å². The van der Waals surface area contributed by atoms with Gasteiger partial charge in [0.15, 0.2) is 0 Å². The second-order valence-electron chi connectivity index (χ2n) is 7.11. The number of hydrogen-bond donors (Lipinski definition) is 1. The Balaban J connectivity index is 1.68. The Morgan fingerprint density at radius 2 is 1.83 bits per heavy atom. The quantitative estimate of drug-likeness (QED) is 0.669. The molecule has 1 N–H and O–H groups in total. The Morgan fingerprint density at radius 3 is 2.50 bits per heavy atom. The SMILES string of the molecule is CC(=O)N1N=C(c2ccco2)CC1c1ccccc1NS(=O)(=O)c1ccc(C)cc1. The summed E-state index contributed by atoms with van der Waals surface area (Å²) >= 11 is 0. The summed E-state index contributed by atoms with van der Waals surface area (Å²) in [6.07, 6.45) is 1.96. The van der Waals surface area contributed by atoms with E-state index >= 15 is 0 Å². The number of benzene rings is 2. The number of anilines is 1. The Hall–Kier alpha value is -3.39. The monoisotopic (exact) mass is 423 g/mol. The van der Waals surface area contributed by atoms with Gasteiger partial charge in [0.1, 0.15) is 11.5 Å². The number of hydrogen-bond acceptors (Lipinski definition) is 5. The van der Waals surface area contributed by atoms with Gasteiger partial charge in [-0.05, 0) is 37.3 Å². The molecule has 4 rings (SSSR count). The van der Waals surface area contributed by atoms with E-state index in [1.54, 1.807) is 60.9 Å². The average Bonchev–Trinajstić information content (AvgIpc) is 3.38. The van der Waals surface area contributed by atoms with Gasteiger partial charge < -0.3 is 4.42 Å². The number of hydrazone groups is 1. The van der Waals surface area contributed by atoms with Crippen LogP contribution in [0.25, 0.3) is 0 Å². The first kappa shape index (κ1) is 19.9. The second-order valence-corrected chi connectivity index (χ2v) is 8.80. The molecule has 0 fully saturated rings. The molecule has 3 aromatic rings. The van der Waals surface area contributed by atoms with Crippen LogP contribution < -0.4 is 4.72 Å². The van der Waals surface area contributed by atoms with Crippen LogP contribution in [0.4, 0.5) is 5.69 Å². The average molecular weight is 423 g/mol. The highest BCUT2D eigenvalue weighted by molar-refractivity contribution is 7.92. The zero-order valence-electron chi connectivity index (χ0n) is 16.6. The summed E-state index contributed by atoms with van der Waals surface area (Å²) in [6, 6.07) is 16.8. The van der Waals surface area contributed by atoms with Crippen LogP contribution in [0.2, 0.25) is 0 Å². The van der Waals surface area contributed by atoms with Gasteiger partial charge in [0, 0.05) is 18.9 Å². The van der Waals surface area contributed by atoms with Gasteiger partial charge >= 0.3 is 0 Å². The lowest BCUT2D eigenvalue weighted by Crippen LogP contribution is -2.25. The number of carbonyl (C=O) groups is 1. The minimum atomic E-state index is -3.79. The van der Waals surface area contributed by atoms with Crippen LogP contribution in [-0.2, 0) is 14.8 Å². The fourth-order valence-electron chi connectivity index (χ4n) is 3.44. The maximum atomic E-state index is 12.9. The number of furan rings is 1. The lowest BCUT2D eigenvalue weighted by Gasteiger charge is -2.23. The van der Waals surface area contributed by atoms with Gasteiger partial charge in [-0.1, -0.05) is 35.9 Å². The minimum Gasteiger partial charge on any atom is -0.463 e. The van der Waals surface area contributed by atoms with E-state index in [2.05, 4.69) is 9.82 Å². The zero-order valence-corrected chi connectivity index (χ0v) is 17.4. The van der Waals surface area contributed by atoms with Gasteiger partial charge in [-0.15, -0.1) is 0 Å². The predicted molar refractivity (Wildman–Crippen MR) is 114 cm³/mol. The molecule has 1 amide bonds. The third-order valence-corrected chi connectivity index (χ3v) is 6.32. The zero-order chi connectivity index (χ0) is 21.3. The van der Waals surface area contributed by atoms with E-state index in [1.807, 2.05) is 13.0 Å². The number of nitrogens with zero attached hydrogens (tertiary/aromatic N) is 2. The molecule has 1 atom stereocenters. The van der Waals surface area contributed by atoms with Crippen LogP contribution in [0.15, 0.2) is 81.3 Å². The number of nitrogens with one attached hydrogen (secondary N) is 1. The van der Waals surface area contributed by atoms with E-state index < -0.39 is 16.1 Å². The van der Waals surface area contributed by atoms with Crippen molar-refractivity contribution in [3.63, 3.8) is 0 Å². The number of aryl methyl sites for hydroxylation is 1. The molecule has 2 heterocycles. The van der Waals surface area contributed by atoms with Crippen molar-refractivity contribution in [2.45, 2.75) is 31.2 Å². The summed E-state index contributed by atoms with van der Waals surface area (Å²) < 4.78 is 33.9. The Kier molecular flexibility index (Phi) is 5.17. The van der Waals surface area contributed by atoms with Crippen molar-refractivity contribution >= 4 is 27.3 Å². The second kappa shape index (κ2) is 7.79. The normalized spacial score (nSPS) is 16.4. The summed E-state index contributed by atoms with van der Waals surface area (Å²) in [7, 11) is -3.79. The van der Waals surface area contributed by atoms with Crippen molar-refractivity contribution in [2.75, 3.05) is 4.72 Å². The smallest absolute Gasteiger partial charge is 0.261 e. The molecule has 154 valence electrons. The summed E-state index contributed by atoms with van der Waals surface area (Å²) in [6.45, 7) is 3.33. The van der Waals surface area contributed by atoms with Gasteiger partial charge in [-0.2, -0.15) is 5.10 Å². The maximum Gasteiger partial charge on any atom is 0.261 e.